The van der Waals surface area contributed by atoms with Crippen LogP contribution in [0, 0.1) is 5.41 Å². The minimum atomic E-state index is -0.310. The highest BCUT2D eigenvalue weighted by Crippen LogP contribution is 2.40. The Bertz CT molecular complexity index is 193. The van der Waals surface area contributed by atoms with E-state index in [4.69, 9.17) is 4.74 Å². The largest absolute Gasteiger partial charge is 0.466 e. The maximum absolute atomic E-state index is 11.8. The van der Waals surface area contributed by atoms with Crippen molar-refractivity contribution in [1.29, 1.82) is 0 Å². The van der Waals surface area contributed by atoms with Crippen LogP contribution in [0.25, 0.3) is 0 Å². The lowest BCUT2D eigenvalue weighted by Crippen LogP contribution is -2.37. The molecule has 0 spiro atoms. The average molecular weight is 200 g/mol. The van der Waals surface area contributed by atoms with Gasteiger partial charge in [-0.25, -0.2) is 0 Å². The molecule has 82 valence electrons. The molecule has 1 saturated carbocycles. The predicted molar refractivity (Wildman–Crippen MR) is 53.8 cm³/mol. The normalized spacial score (nSPS) is 32.6. The van der Waals surface area contributed by atoms with E-state index in [0.717, 1.165) is 32.1 Å². The monoisotopic (exact) mass is 200 g/mol. The van der Waals surface area contributed by atoms with Gasteiger partial charge in [0, 0.05) is 0 Å². The number of ether oxygens (including phenoxy) is 1. The highest BCUT2D eigenvalue weighted by atomic mass is 16.5. The molecule has 1 rings (SSSR count). The Kier molecular flexibility index (Phi) is 3.93. The Morgan fingerprint density at radius 1 is 1.43 bits per heavy atom. The van der Waals surface area contributed by atoms with Gasteiger partial charge in [0.05, 0.1) is 18.1 Å². The first kappa shape index (κ1) is 11.5. The summed E-state index contributed by atoms with van der Waals surface area (Å²) >= 11 is 0. The van der Waals surface area contributed by atoms with Gasteiger partial charge in [-0.2, -0.15) is 0 Å². The summed E-state index contributed by atoms with van der Waals surface area (Å²) in [5.41, 5.74) is -0.310. The third kappa shape index (κ3) is 2.27. The third-order valence-electron chi connectivity index (χ3n) is 3.30. The van der Waals surface area contributed by atoms with Gasteiger partial charge in [0.25, 0.3) is 0 Å². The number of esters is 1. The lowest BCUT2D eigenvalue weighted by atomic mass is 9.71. The van der Waals surface area contributed by atoms with Crippen LogP contribution in [0.5, 0.6) is 0 Å². The van der Waals surface area contributed by atoms with E-state index in [-0.39, 0.29) is 17.5 Å². The second-order valence-corrected chi connectivity index (χ2v) is 4.09. The van der Waals surface area contributed by atoms with E-state index in [9.17, 15) is 9.90 Å². The molecule has 14 heavy (non-hydrogen) atoms. The third-order valence-corrected chi connectivity index (χ3v) is 3.30. The number of rotatable bonds is 3. The SMILES string of the molecule is CCOC(=O)C1(CC)CCC(O)CC1. The topological polar surface area (TPSA) is 46.5 Å². The van der Waals surface area contributed by atoms with E-state index in [1.54, 1.807) is 0 Å². The standard InChI is InChI=1S/C11H20O3/c1-3-11(10(13)14-4-2)7-5-9(12)6-8-11/h9,12H,3-8H2,1-2H3. The fourth-order valence-corrected chi connectivity index (χ4v) is 2.14. The van der Waals surface area contributed by atoms with E-state index in [1.165, 1.54) is 0 Å². The van der Waals surface area contributed by atoms with Crippen LogP contribution in [0.15, 0.2) is 0 Å². The van der Waals surface area contributed by atoms with Crippen LogP contribution in [0.1, 0.15) is 46.0 Å². The van der Waals surface area contributed by atoms with Crippen molar-refractivity contribution in [3.8, 4) is 0 Å². The van der Waals surface area contributed by atoms with Crippen molar-refractivity contribution in [3.05, 3.63) is 0 Å². The zero-order valence-electron chi connectivity index (χ0n) is 9.08. The first-order chi connectivity index (χ1) is 6.64. The molecule has 0 aromatic carbocycles. The van der Waals surface area contributed by atoms with E-state index in [1.807, 2.05) is 13.8 Å². The van der Waals surface area contributed by atoms with Gasteiger partial charge < -0.3 is 9.84 Å². The smallest absolute Gasteiger partial charge is 0.312 e. The molecule has 0 aliphatic heterocycles. The summed E-state index contributed by atoms with van der Waals surface area (Å²) in [6, 6.07) is 0. The Hall–Kier alpha value is -0.570. The lowest BCUT2D eigenvalue weighted by molar-refractivity contribution is -0.159. The van der Waals surface area contributed by atoms with Crippen molar-refractivity contribution >= 4 is 5.97 Å². The second kappa shape index (κ2) is 4.78. The zero-order chi connectivity index (χ0) is 10.6. The van der Waals surface area contributed by atoms with Gasteiger partial charge in [-0.05, 0) is 39.0 Å². The van der Waals surface area contributed by atoms with Gasteiger partial charge in [0.1, 0.15) is 0 Å². The van der Waals surface area contributed by atoms with Crippen molar-refractivity contribution in [3.63, 3.8) is 0 Å². The lowest BCUT2D eigenvalue weighted by Gasteiger charge is -2.35. The summed E-state index contributed by atoms with van der Waals surface area (Å²) in [7, 11) is 0. The van der Waals surface area contributed by atoms with Gasteiger partial charge >= 0.3 is 5.97 Å². The molecule has 0 heterocycles. The molecular formula is C11H20O3. The van der Waals surface area contributed by atoms with Crippen molar-refractivity contribution in [2.45, 2.75) is 52.1 Å². The quantitative estimate of drug-likeness (QED) is 0.707. The fraction of sp³-hybridized carbons (Fsp3) is 0.909. The Morgan fingerprint density at radius 2 is 2.00 bits per heavy atom. The Morgan fingerprint density at radius 3 is 2.43 bits per heavy atom. The van der Waals surface area contributed by atoms with E-state index >= 15 is 0 Å². The van der Waals surface area contributed by atoms with Crippen LogP contribution >= 0.6 is 0 Å². The predicted octanol–water partition coefficient (Wildman–Crippen LogP) is 1.88. The molecule has 1 fully saturated rings. The molecule has 0 radical (unpaired) electrons. The maximum Gasteiger partial charge on any atom is 0.312 e. The minimum Gasteiger partial charge on any atom is -0.466 e. The number of aliphatic hydroxyl groups is 1. The molecule has 0 aromatic heterocycles. The van der Waals surface area contributed by atoms with Crippen LogP contribution in [-0.2, 0) is 9.53 Å². The van der Waals surface area contributed by atoms with Crippen LogP contribution < -0.4 is 0 Å². The summed E-state index contributed by atoms with van der Waals surface area (Å²) in [5.74, 6) is -0.0746. The summed E-state index contributed by atoms with van der Waals surface area (Å²) in [6.07, 6.45) is 3.59. The van der Waals surface area contributed by atoms with Crippen LogP contribution in [0.2, 0.25) is 0 Å². The highest BCUT2D eigenvalue weighted by molar-refractivity contribution is 5.76. The molecule has 3 nitrogen and oxygen atoms in total. The number of hydrogen-bond acceptors (Lipinski definition) is 3. The minimum absolute atomic E-state index is 0.0746. The van der Waals surface area contributed by atoms with Gasteiger partial charge in [0.2, 0.25) is 0 Å². The summed E-state index contributed by atoms with van der Waals surface area (Å²) in [5, 5.41) is 9.40. The van der Waals surface area contributed by atoms with E-state index in [0.29, 0.717) is 6.61 Å². The summed E-state index contributed by atoms with van der Waals surface area (Å²) < 4.78 is 5.09. The molecule has 0 saturated heterocycles. The number of carbonyl (C=O) groups is 1. The van der Waals surface area contributed by atoms with Gasteiger partial charge in [-0.3, -0.25) is 4.79 Å². The fourth-order valence-electron chi connectivity index (χ4n) is 2.14. The first-order valence-corrected chi connectivity index (χ1v) is 5.50. The molecule has 0 unspecified atom stereocenters. The average Bonchev–Trinajstić information content (AvgIpc) is 2.20. The molecule has 1 aliphatic rings. The first-order valence-electron chi connectivity index (χ1n) is 5.50. The van der Waals surface area contributed by atoms with Crippen LogP contribution in [0.3, 0.4) is 0 Å². The van der Waals surface area contributed by atoms with Crippen molar-refractivity contribution < 1.29 is 14.6 Å². The maximum atomic E-state index is 11.8. The molecule has 3 heteroatoms. The number of carbonyl (C=O) groups excluding carboxylic acids is 1. The number of hydrogen-bond donors (Lipinski definition) is 1. The van der Waals surface area contributed by atoms with Crippen LogP contribution in [0.4, 0.5) is 0 Å². The molecule has 0 aromatic rings. The molecule has 1 aliphatic carbocycles. The highest BCUT2D eigenvalue weighted by Gasteiger charge is 2.41. The Balaban J connectivity index is 2.62. The van der Waals surface area contributed by atoms with Crippen LogP contribution in [-0.4, -0.2) is 23.8 Å². The summed E-state index contributed by atoms with van der Waals surface area (Å²) in [4.78, 5) is 11.8. The van der Waals surface area contributed by atoms with Crippen molar-refractivity contribution in [2.24, 2.45) is 5.41 Å². The summed E-state index contributed by atoms with van der Waals surface area (Å²) in [6.45, 7) is 4.30. The molecule has 0 atom stereocenters. The van der Waals surface area contributed by atoms with Crippen molar-refractivity contribution in [2.75, 3.05) is 6.61 Å². The molecule has 0 amide bonds. The van der Waals surface area contributed by atoms with Crippen molar-refractivity contribution in [1.82, 2.24) is 0 Å². The van der Waals surface area contributed by atoms with E-state index in [2.05, 4.69) is 0 Å². The van der Waals surface area contributed by atoms with Gasteiger partial charge in [0.15, 0.2) is 0 Å². The van der Waals surface area contributed by atoms with Gasteiger partial charge in [-0.1, -0.05) is 6.92 Å². The van der Waals surface area contributed by atoms with E-state index < -0.39 is 0 Å². The Labute approximate surface area is 85.5 Å². The molecular weight excluding hydrogens is 180 g/mol. The zero-order valence-corrected chi connectivity index (χ0v) is 9.08. The van der Waals surface area contributed by atoms with Gasteiger partial charge in [-0.15, -0.1) is 0 Å². The second-order valence-electron chi connectivity index (χ2n) is 4.09. The molecule has 0 bridgehead atoms. The molecule has 1 N–H and O–H groups in total. The number of aliphatic hydroxyl groups excluding tert-OH is 1.